The van der Waals surface area contributed by atoms with Crippen LogP contribution in [0.5, 0.6) is 0 Å². The van der Waals surface area contributed by atoms with Crippen LogP contribution in [0, 0.1) is 16.7 Å². The minimum Gasteiger partial charge on any atom is -0.398 e. The van der Waals surface area contributed by atoms with Crippen molar-refractivity contribution in [2.75, 3.05) is 18.8 Å². The number of benzene rings is 1. The molecule has 2 rings (SSSR count). The van der Waals surface area contributed by atoms with E-state index in [2.05, 4.69) is 24.0 Å². The third kappa shape index (κ3) is 3.02. The van der Waals surface area contributed by atoms with Gasteiger partial charge in [-0.15, -0.1) is 0 Å². The highest BCUT2D eigenvalue weighted by Gasteiger charge is 2.43. The number of nitriles is 1. The van der Waals surface area contributed by atoms with Crippen molar-refractivity contribution in [1.82, 2.24) is 4.90 Å². The van der Waals surface area contributed by atoms with Crippen molar-refractivity contribution >= 4 is 5.69 Å². The summed E-state index contributed by atoms with van der Waals surface area (Å²) in [7, 11) is 0. The quantitative estimate of drug-likeness (QED) is 0.782. The van der Waals surface area contributed by atoms with Crippen LogP contribution in [0.4, 0.5) is 5.69 Å². The fraction of sp³-hybridized carbons (Fsp3) is 0.533. The van der Waals surface area contributed by atoms with Gasteiger partial charge in [-0.05, 0) is 36.4 Å². The Kier molecular flexibility index (Phi) is 3.88. The average molecular weight is 243 g/mol. The lowest BCUT2D eigenvalue weighted by molar-refractivity contribution is 0.223. The van der Waals surface area contributed by atoms with Gasteiger partial charge >= 0.3 is 0 Å². The molecular formula is C15H21N3. The monoisotopic (exact) mass is 243 g/mol. The van der Waals surface area contributed by atoms with Gasteiger partial charge in [-0.25, -0.2) is 0 Å². The van der Waals surface area contributed by atoms with Crippen LogP contribution < -0.4 is 5.73 Å². The zero-order valence-corrected chi connectivity index (χ0v) is 11.0. The molecule has 1 fully saturated rings. The van der Waals surface area contributed by atoms with Crippen molar-refractivity contribution in [1.29, 1.82) is 5.26 Å². The van der Waals surface area contributed by atoms with Crippen molar-refractivity contribution in [3.8, 4) is 6.07 Å². The molecule has 0 spiro atoms. The molecule has 0 heterocycles. The normalized spacial score (nSPS) is 16.5. The lowest BCUT2D eigenvalue weighted by Gasteiger charge is -2.25. The summed E-state index contributed by atoms with van der Waals surface area (Å²) in [5, 5.41) is 8.87. The Bertz CT molecular complexity index is 443. The number of nitrogens with zero attached hydrogens (tertiary/aromatic N) is 2. The van der Waals surface area contributed by atoms with Crippen LogP contribution in [0.3, 0.4) is 0 Å². The summed E-state index contributed by atoms with van der Waals surface area (Å²) in [6.07, 6.45) is 3.08. The number of hydrogen-bond acceptors (Lipinski definition) is 3. The van der Waals surface area contributed by atoms with Crippen molar-refractivity contribution < 1.29 is 0 Å². The van der Waals surface area contributed by atoms with Crippen LogP contribution in [0.1, 0.15) is 31.7 Å². The topological polar surface area (TPSA) is 53.0 Å². The Morgan fingerprint density at radius 1 is 1.39 bits per heavy atom. The predicted octanol–water partition coefficient (Wildman–Crippen LogP) is 2.78. The fourth-order valence-electron chi connectivity index (χ4n) is 2.41. The van der Waals surface area contributed by atoms with Crippen molar-refractivity contribution in [3.05, 3.63) is 29.8 Å². The van der Waals surface area contributed by atoms with Crippen LogP contribution >= 0.6 is 0 Å². The van der Waals surface area contributed by atoms with Crippen molar-refractivity contribution in [2.45, 2.75) is 32.7 Å². The van der Waals surface area contributed by atoms with Gasteiger partial charge in [0.1, 0.15) is 0 Å². The zero-order valence-electron chi connectivity index (χ0n) is 11.0. The highest BCUT2D eigenvalue weighted by atomic mass is 15.1. The fourth-order valence-corrected chi connectivity index (χ4v) is 2.41. The van der Waals surface area contributed by atoms with Crippen LogP contribution in [0.15, 0.2) is 24.3 Å². The van der Waals surface area contributed by atoms with E-state index < -0.39 is 0 Å². The van der Waals surface area contributed by atoms with E-state index in [1.54, 1.807) is 0 Å². The van der Waals surface area contributed by atoms with E-state index >= 15 is 0 Å². The highest BCUT2D eigenvalue weighted by Crippen LogP contribution is 2.49. The summed E-state index contributed by atoms with van der Waals surface area (Å²) >= 11 is 0. The number of nitrogens with two attached hydrogens (primary N) is 1. The smallest absolute Gasteiger partial charge is 0.0628 e. The van der Waals surface area contributed by atoms with Crippen LogP contribution in [0.2, 0.25) is 0 Å². The molecule has 2 N–H and O–H groups in total. The lowest BCUT2D eigenvalue weighted by atomic mass is 10.0. The molecule has 1 aromatic carbocycles. The first kappa shape index (κ1) is 12.9. The van der Waals surface area contributed by atoms with Gasteiger partial charge in [0.05, 0.1) is 6.07 Å². The van der Waals surface area contributed by atoms with Gasteiger partial charge in [-0.1, -0.05) is 25.1 Å². The summed E-state index contributed by atoms with van der Waals surface area (Å²) in [5.74, 6) is 0. The summed E-state index contributed by atoms with van der Waals surface area (Å²) in [6, 6.07) is 10.4. The number of hydrogen-bond donors (Lipinski definition) is 1. The van der Waals surface area contributed by atoms with Crippen molar-refractivity contribution in [2.24, 2.45) is 5.41 Å². The first-order valence-electron chi connectivity index (χ1n) is 6.62. The average Bonchev–Trinajstić information content (AvgIpc) is 3.11. The van der Waals surface area contributed by atoms with Gasteiger partial charge in [-0.3, -0.25) is 4.90 Å². The lowest BCUT2D eigenvalue weighted by Crippen LogP contribution is -2.30. The molecule has 0 bridgehead atoms. The van der Waals surface area contributed by atoms with E-state index in [4.69, 9.17) is 11.0 Å². The van der Waals surface area contributed by atoms with E-state index in [1.807, 2.05) is 18.2 Å². The second kappa shape index (κ2) is 5.41. The molecule has 1 aromatic rings. The number of anilines is 1. The molecule has 0 radical (unpaired) electrons. The maximum atomic E-state index is 8.87. The largest absolute Gasteiger partial charge is 0.398 e. The first-order chi connectivity index (χ1) is 8.69. The molecule has 3 heteroatoms. The van der Waals surface area contributed by atoms with Crippen molar-refractivity contribution in [3.63, 3.8) is 0 Å². The highest BCUT2D eigenvalue weighted by molar-refractivity contribution is 5.46. The zero-order chi connectivity index (χ0) is 13.0. The minimum atomic E-state index is 0.272. The number of rotatable bonds is 6. The van der Waals surface area contributed by atoms with Gasteiger partial charge in [0.2, 0.25) is 0 Å². The Hall–Kier alpha value is -1.53. The molecule has 3 nitrogen and oxygen atoms in total. The molecule has 96 valence electrons. The molecule has 0 unspecified atom stereocenters. The summed E-state index contributed by atoms with van der Waals surface area (Å²) in [5.41, 5.74) is 8.30. The second-order valence-electron chi connectivity index (χ2n) is 5.34. The SMILES string of the molecule is CCN(Cc1ccccc1N)CC1(CC#N)CC1. The Labute approximate surface area is 109 Å². The molecule has 0 amide bonds. The first-order valence-corrected chi connectivity index (χ1v) is 6.62. The maximum Gasteiger partial charge on any atom is 0.0628 e. The van der Waals surface area contributed by atoms with Crippen LogP contribution in [-0.4, -0.2) is 18.0 Å². The minimum absolute atomic E-state index is 0.272. The van der Waals surface area contributed by atoms with Gasteiger partial charge in [0.15, 0.2) is 0 Å². The Balaban J connectivity index is 1.98. The molecule has 0 aromatic heterocycles. The summed E-state index contributed by atoms with van der Waals surface area (Å²) in [6.45, 7) is 5.07. The molecule has 1 saturated carbocycles. The standard InChI is InChI=1S/C15H21N3/c1-2-18(12-15(7-8-15)9-10-16)11-13-5-3-4-6-14(13)17/h3-6H,2,7-9,11-12,17H2,1H3. The van der Waals surface area contributed by atoms with Crippen LogP contribution in [-0.2, 0) is 6.54 Å². The van der Waals surface area contributed by atoms with E-state index in [0.29, 0.717) is 6.42 Å². The molecule has 0 atom stereocenters. The molecule has 0 aliphatic heterocycles. The van der Waals surface area contributed by atoms with Crippen LogP contribution in [0.25, 0.3) is 0 Å². The molecule has 1 aliphatic rings. The number of para-hydroxylation sites is 1. The van der Waals surface area contributed by atoms with Gasteiger partial charge in [-0.2, -0.15) is 5.26 Å². The second-order valence-corrected chi connectivity index (χ2v) is 5.34. The predicted molar refractivity (Wildman–Crippen MR) is 73.7 cm³/mol. The van der Waals surface area contributed by atoms with E-state index in [1.165, 1.54) is 18.4 Å². The van der Waals surface area contributed by atoms with E-state index in [0.717, 1.165) is 25.3 Å². The Morgan fingerprint density at radius 2 is 2.11 bits per heavy atom. The third-order valence-corrected chi connectivity index (χ3v) is 3.87. The van der Waals surface area contributed by atoms with E-state index in [9.17, 15) is 0 Å². The Morgan fingerprint density at radius 3 is 2.67 bits per heavy atom. The molecule has 18 heavy (non-hydrogen) atoms. The van der Waals surface area contributed by atoms with Gasteiger partial charge < -0.3 is 5.73 Å². The van der Waals surface area contributed by atoms with Gasteiger partial charge in [0.25, 0.3) is 0 Å². The summed E-state index contributed by atoms with van der Waals surface area (Å²) < 4.78 is 0. The summed E-state index contributed by atoms with van der Waals surface area (Å²) in [4.78, 5) is 2.40. The van der Waals surface area contributed by atoms with Gasteiger partial charge in [0, 0.05) is 25.2 Å². The molecule has 0 saturated heterocycles. The molecule has 1 aliphatic carbocycles. The third-order valence-electron chi connectivity index (χ3n) is 3.87. The maximum absolute atomic E-state index is 8.87. The van der Waals surface area contributed by atoms with E-state index in [-0.39, 0.29) is 5.41 Å². The number of nitrogen functional groups attached to an aromatic ring is 1. The molecular weight excluding hydrogens is 222 g/mol.